The maximum absolute atomic E-state index is 13.6. The fraction of sp³-hybridized carbons (Fsp3) is 0.167. The Bertz CT molecular complexity index is 1290. The molecule has 0 amide bonds. The summed E-state index contributed by atoms with van der Waals surface area (Å²) in [6.07, 6.45) is 8.56. The number of hydrogen-bond donors (Lipinski definition) is 2. The van der Waals surface area contributed by atoms with E-state index in [0.717, 1.165) is 34.6 Å². The van der Waals surface area contributed by atoms with E-state index in [1.165, 1.54) is 0 Å². The van der Waals surface area contributed by atoms with Gasteiger partial charge in [0.05, 0.1) is 29.3 Å². The zero-order valence-corrected chi connectivity index (χ0v) is 18.6. The molecule has 3 aromatic heterocycles. The lowest BCUT2D eigenvalue weighted by Crippen LogP contribution is -2.12. The van der Waals surface area contributed by atoms with Crippen LogP contribution in [0.2, 0.25) is 0 Å². The summed E-state index contributed by atoms with van der Waals surface area (Å²) < 4.78 is 42.3. The van der Waals surface area contributed by atoms with Crippen LogP contribution >= 0.6 is 0 Å². The van der Waals surface area contributed by atoms with Gasteiger partial charge in [0, 0.05) is 50.2 Å². The highest BCUT2D eigenvalue weighted by molar-refractivity contribution is 5.63. The Morgan fingerprint density at radius 2 is 1.71 bits per heavy atom. The number of aryl methyl sites for hydroxylation is 1. The maximum Gasteiger partial charge on any atom is 0.274 e. The summed E-state index contributed by atoms with van der Waals surface area (Å²) >= 11 is 0. The van der Waals surface area contributed by atoms with Gasteiger partial charge in [-0.05, 0) is 17.2 Å². The third-order valence-electron chi connectivity index (χ3n) is 4.95. The van der Waals surface area contributed by atoms with Crippen LogP contribution in [-0.4, -0.2) is 24.7 Å². The zero-order valence-electron chi connectivity index (χ0n) is 18.6. The van der Waals surface area contributed by atoms with Gasteiger partial charge in [-0.1, -0.05) is 30.8 Å². The van der Waals surface area contributed by atoms with E-state index in [9.17, 15) is 13.2 Å². The average Bonchev–Trinajstić information content (AvgIpc) is 3.20. The number of alkyl halides is 2. The summed E-state index contributed by atoms with van der Waals surface area (Å²) in [5.74, 6) is -4.05. The second kappa shape index (κ2) is 9.34. The topological polar surface area (TPSA) is 80.5 Å². The molecule has 2 N–H and O–H groups in total. The molecule has 3 heterocycles. The van der Waals surface area contributed by atoms with Crippen molar-refractivity contribution in [3.63, 3.8) is 0 Å². The molecule has 0 saturated carbocycles. The summed E-state index contributed by atoms with van der Waals surface area (Å²) in [6.45, 7) is 4.56. The largest absolute Gasteiger partial charge is 0.358 e. The van der Waals surface area contributed by atoms with E-state index in [4.69, 9.17) is 0 Å². The normalized spacial score (nSPS) is 11.3. The van der Waals surface area contributed by atoms with E-state index < -0.39 is 17.4 Å². The van der Waals surface area contributed by atoms with Gasteiger partial charge < -0.3 is 10.6 Å². The molecular weight excluding hydrogens is 443 g/mol. The second-order valence-electron chi connectivity index (χ2n) is 7.88. The standard InChI is InChI=1S/C24H22F3N7/c1-15(32-19-9-21(24(2,26)27)22(25)28-12-19)8-16-4-6-17(7-5-16)18-10-29-23(30-11-18)33-20-13-31-34(3)14-20/h4-7,9-14,32H,1,8H2,2-3H3,(H,29,30,33). The highest BCUT2D eigenvalue weighted by Crippen LogP contribution is 2.30. The summed E-state index contributed by atoms with van der Waals surface area (Å²) in [6, 6.07) is 8.77. The number of anilines is 3. The Balaban J connectivity index is 1.37. The predicted molar refractivity (Wildman–Crippen MR) is 124 cm³/mol. The quantitative estimate of drug-likeness (QED) is 0.338. The van der Waals surface area contributed by atoms with Crippen LogP contribution in [0.4, 0.5) is 30.5 Å². The van der Waals surface area contributed by atoms with Crippen molar-refractivity contribution in [1.29, 1.82) is 0 Å². The van der Waals surface area contributed by atoms with Gasteiger partial charge in [-0.3, -0.25) is 4.68 Å². The highest BCUT2D eigenvalue weighted by Gasteiger charge is 2.29. The number of nitrogens with zero attached hydrogens (tertiary/aromatic N) is 5. The number of halogens is 3. The van der Waals surface area contributed by atoms with Gasteiger partial charge in [0.15, 0.2) is 0 Å². The van der Waals surface area contributed by atoms with Crippen LogP contribution in [0.5, 0.6) is 0 Å². The Kier molecular flexibility index (Phi) is 6.31. The SMILES string of the molecule is C=C(Cc1ccc(-c2cnc(Nc3cnn(C)c3)nc2)cc1)Nc1cnc(F)c(C(C)(F)F)c1. The van der Waals surface area contributed by atoms with E-state index in [1.807, 2.05) is 37.5 Å². The monoisotopic (exact) mass is 465 g/mol. The molecule has 0 aliphatic rings. The van der Waals surface area contributed by atoms with Crippen molar-refractivity contribution >= 4 is 17.3 Å². The van der Waals surface area contributed by atoms with E-state index in [1.54, 1.807) is 23.3 Å². The first-order valence-corrected chi connectivity index (χ1v) is 10.3. The minimum Gasteiger partial charge on any atom is -0.358 e. The summed E-state index contributed by atoms with van der Waals surface area (Å²) in [4.78, 5) is 12.1. The van der Waals surface area contributed by atoms with E-state index in [0.29, 0.717) is 25.0 Å². The lowest BCUT2D eigenvalue weighted by atomic mass is 10.0. The van der Waals surface area contributed by atoms with Gasteiger partial charge in [0.25, 0.3) is 5.92 Å². The van der Waals surface area contributed by atoms with Crippen molar-refractivity contribution in [3.8, 4) is 11.1 Å². The molecule has 0 fully saturated rings. The Hall–Kier alpha value is -4.21. The number of benzene rings is 1. The average molecular weight is 465 g/mol. The minimum atomic E-state index is -3.33. The molecule has 0 atom stereocenters. The first-order valence-electron chi connectivity index (χ1n) is 10.3. The maximum atomic E-state index is 13.6. The molecule has 7 nitrogen and oxygen atoms in total. The Morgan fingerprint density at radius 1 is 1.00 bits per heavy atom. The van der Waals surface area contributed by atoms with Crippen LogP contribution < -0.4 is 10.6 Å². The molecule has 0 saturated heterocycles. The molecule has 0 bridgehead atoms. The zero-order chi connectivity index (χ0) is 24.3. The molecule has 0 radical (unpaired) electrons. The molecule has 0 aliphatic carbocycles. The van der Waals surface area contributed by atoms with Crippen molar-refractivity contribution in [3.05, 3.63) is 90.7 Å². The van der Waals surface area contributed by atoms with Gasteiger partial charge >= 0.3 is 0 Å². The molecule has 0 spiro atoms. The van der Waals surface area contributed by atoms with Crippen LogP contribution in [0.1, 0.15) is 18.1 Å². The van der Waals surface area contributed by atoms with E-state index in [2.05, 4.69) is 37.3 Å². The molecule has 4 aromatic rings. The molecule has 34 heavy (non-hydrogen) atoms. The predicted octanol–water partition coefficient (Wildman–Crippen LogP) is 5.43. The first kappa shape index (κ1) is 23.0. The summed E-state index contributed by atoms with van der Waals surface area (Å²) in [5.41, 5.74) is 3.58. The summed E-state index contributed by atoms with van der Waals surface area (Å²) in [7, 11) is 1.83. The molecular formula is C24H22F3N7. The molecule has 0 aliphatic heterocycles. The number of nitrogens with one attached hydrogen (secondary N) is 2. The van der Waals surface area contributed by atoms with Crippen LogP contribution in [-0.2, 0) is 19.4 Å². The minimum absolute atomic E-state index is 0.247. The van der Waals surface area contributed by atoms with Crippen LogP contribution in [0.25, 0.3) is 11.1 Å². The molecule has 174 valence electrons. The van der Waals surface area contributed by atoms with Gasteiger partial charge in [-0.2, -0.15) is 9.49 Å². The van der Waals surface area contributed by atoms with Gasteiger partial charge in [-0.25, -0.2) is 23.7 Å². The Labute approximate surface area is 194 Å². The third-order valence-corrected chi connectivity index (χ3v) is 4.95. The fourth-order valence-corrected chi connectivity index (χ4v) is 3.29. The lowest BCUT2D eigenvalue weighted by Gasteiger charge is -2.14. The molecule has 1 aromatic carbocycles. The molecule has 10 heteroatoms. The van der Waals surface area contributed by atoms with Crippen molar-refractivity contribution in [2.75, 3.05) is 10.6 Å². The van der Waals surface area contributed by atoms with Gasteiger partial charge in [0.1, 0.15) is 0 Å². The van der Waals surface area contributed by atoms with Gasteiger partial charge in [-0.15, -0.1) is 0 Å². The number of rotatable bonds is 8. The van der Waals surface area contributed by atoms with E-state index >= 15 is 0 Å². The van der Waals surface area contributed by atoms with Gasteiger partial charge in [0.2, 0.25) is 11.9 Å². The van der Waals surface area contributed by atoms with Crippen LogP contribution in [0.3, 0.4) is 0 Å². The van der Waals surface area contributed by atoms with Crippen molar-refractivity contribution in [1.82, 2.24) is 24.7 Å². The summed E-state index contributed by atoms with van der Waals surface area (Å²) in [5, 5.41) is 10.1. The van der Waals surface area contributed by atoms with E-state index in [-0.39, 0.29) is 5.69 Å². The van der Waals surface area contributed by atoms with Crippen molar-refractivity contribution < 1.29 is 13.2 Å². The smallest absolute Gasteiger partial charge is 0.274 e. The van der Waals surface area contributed by atoms with Crippen molar-refractivity contribution in [2.24, 2.45) is 7.05 Å². The Morgan fingerprint density at radius 3 is 2.32 bits per heavy atom. The highest BCUT2D eigenvalue weighted by atomic mass is 19.3. The number of allylic oxidation sites excluding steroid dienone is 1. The number of hydrogen-bond acceptors (Lipinski definition) is 6. The van der Waals surface area contributed by atoms with Crippen molar-refractivity contribution in [2.45, 2.75) is 19.3 Å². The lowest BCUT2D eigenvalue weighted by molar-refractivity contribution is 0.0130. The first-order chi connectivity index (χ1) is 16.2. The molecule has 4 rings (SSSR count). The van der Waals surface area contributed by atoms with Crippen LogP contribution in [0, 0.1) is 5.95 Å². The fourth-order valence-electron chi connectivity index (χ4n) is 3.29. The van der Waals surface area contributed by atoms with Crippen LogP contribution in [0.15, 0.2) is 73.6 Å². The number of pyridine rings is 1. The molecule has 0 unspecified atom stereocenters. The second-order valence-corrected chi connectivity index (χ2v) is 7.88. The number of aromatic nitrogens is 5. The third kappa shape index (κ3) is 5.58.